The second kappa shape index (κ2) is 6.40. The van der Waals surface area contributed by atoms with Crippen molar-refractivity contribution in [2.75, 3.05) is 27.7 Å². The Bertz CT molecular complexity index is 219. The molecule has 88 valence electrons. The maximum atomic E-state index is 11.7. The van der Waals surface area contributed by atoms with Gasteiger partial charge in [-0.25, -0.2) is 0 Å². The van der Waals surface area contributed by atoms with Crippen molar-refractivity contribution in [1.29, 1.82) is 0 Å². The van der Waals surface area contributed by atoms with Crippen LogP contribution in [-0.2, 0) is 9.59 Å². The molecule has 2 amide bonds. The molecule has 0 heterocycles. The highest BCUT2D eigenvalue weighted by atomic mass is 16.2. The first-order valence-corrected chi connectivity index (χ1v) is 5.04. The summed E-state index contributed by atoms with van der Waals surface area (Å²) in [5.74, 6) is -0.0899. The lowest BCUT2D eigenvalue weighted by molar-refractivity contribution is -0.129. The molecule has 15 heavy (non-hydrogen) atoms. The lowest BCUT2D eigenvalue weighted by Gasteiger charge is -2.26. The summed E-state index contributed by atoms with van der Waals surface area (Å²) in [5.41, 5.74) is 0. The van der Waals surface area contributed by atoms with E-state index in [0.29, 0.717) is 0 Å². The van der Waals surface area contributed by atoms with E-state index in [1.54, 1.807) is 7.05 Å². The Morgan fingerprint density at radius 1 is 1.27 bits per heavy atom. The van der Waals surface area contributed by atoms with Crippen LogP contribution in [-0.4, -0.2) is 50.4 Å². The van der Waals surface area contributed by atoms with Crippen LogP contribution in [0.5, 0.6) is 0 Å². The van der Waals surface area contributed by atoms with Gasteiger partial charge in [-0.2, -0.15) is 0 Å². The number of carbonyl (C=O) groups is 2. The lowest BCUT2D eigenvalue weighted by atomic mass is 10.0. The largest absolute Gasteiger partial charge is 0.358 e. The zero-order valence-electron chi connectivity index (χ0n) is 10.1. The van der Waals surface area contributed by atoms with E-state index < -0.39 is 0 Å². The summed E-state index contributed by atoms with van der Waals surface area (Å²) >= 11 is 0. The molecule has 0 radical (unpaired) electrons. The van der Waals surface area contributed by atoms with Gasteiger partial charge in [-0.3, -0.25) is 14.5 Å². The van der Waals surface area contributed by atoms with E-state index >= 15 is 0 Å². The molecule has 0 aromatic rings. The Labute approximate surface area is 91.2 Å². The Morgan fingerprint density at radius 3 is 2.13 bits per heavy atom. The summed E-state index contributed by atoms with van der Waals surface area (Å²) < 4.78 is 0. The van der Waals surface area contributed by atoms with E-state index in [1.165, 1.54) is 0 Å². The Hall–Kier alpha value is -1.10. The fraction of sp³-hybridized carbons (Fsp3) is 0.800. The van der Waals surface area contributed by atoms with Crippen molar-refractivity contribution in [2.24, 2.45) is 5.92 Å². The second-order valence-electron chi connectivity index (χ2n) is 4.04. The minimum atomic E-state index is -0.199. The van der Waals surface area contributed by atoms with Crippen LogP contribution >= 0.6 is 0 Å². The first kappa shape index (κ1) is 13.9. The first-order chi connectivity index (χ1) is 6.90. The molecular weight excluding hydrogens is 194 g/mol. The second-order valence-corrected chi connectivity index (χ2v) is 4.04. The van der Waals surface area contributed by atoms with Crippen LogP contribution < -0.4 is 10.6 Å². The topological polar surface area (TPSA) is 61.4 Å². The van der Waals surface area contributed by atoms with Crippen LogP contribution in [0.3, 0.4) is 0 Å². The predicted octanol–water partition coefficient (Wildman–Crippen LogP) is -0.565. The molecule has 0 aliphatic heterocycles. The average Bonchev–Trinajstić information content (AvgIpc) is 2.12. The fourth-order valence-electron chi connectivity index (χ4n) is 1.49. The van der Waals surface area contributed by atoms with E-state index in [9.17, 15) is 9.59 Å². The van der Waals surface area contributed by atoms with Crippen LogP contribution in [0.15, 0.2) is 0 Å². The van der Waals surface area contributed by atoms with Crippen molar-refractivity contribution >= 4 is 11.8 Å². The molecule has 0 spiro atoms. The van der Waals surface area contributed by atoms with E-state index in [0.717, 1.165) is 0 Å². The number of hydrogen-bond acceptors (Lipinski definition) is 3. The van der Waals surface area contributed by atoms with Crippen molar-refractivity contribution < 1.29 is 9.59 Å². The third kappa shape index (κ3) is 4.78. The minimum Gasteiger partial charge on any atom is -0.358 e. The van der Waals surface area contributed by atoms with Crippen molar-refractivity contribution in [2.45, 2.75) is 19.9 Å². The van der Waals surface area contributed by atoms with Gasteiger partial charge in [-0.15, -0.1) is 0 Å². The van der Waals surface area contributed by atoms with Crippen molar-refractivity contribution in [3.63, 3.8) is 0 Å². The highest BCUT2D eigenvalue weighted by Crippen LogP contribution is 2.06. The number of nitrogens with one attached hydrogen (secondary N) is 2. The van der Waals surface area contributed by atoms with Crippen LogP contribution in [0.2, 0.25) is 0 Å². The van der Waals surface area contributed by atoms with Gasteiger partial charge in [-0.05, 0) is 20.0 Å². The molecule has 2 N–H and O–H groups in total. The summed E-state index contributed by atoms with van der Waals surface area (Å²) in [6.45, 7) is 3.99. The number of carbonyl (C=O) groups excluding carboxylic acids is 2. The van der Waals surface area contributed by atoms with Crippen molar-refractivity contribution in [1.82, 2.24) is 15.5 Å². The lowest BCUT2D eigenvalue weighted by Crippen LogP contribution is -2.48. The molecule has 0 saturated heterocycles. The Morgan fingerprint density at radius 2 is 1.80 bits per heavy atom. The normalized spacial score (nSPS) is 12.7. The number of nitrogens with zero attached hydrogens (tertiary/aromatic N) is 1. The van der Waals surface area contributed by atoms with Crippen LogP contribution in [0, 0.1) is 5.92 Å². The third-order valence-corrected chi connectivity index (χ3v) is 2.16. The van der Waals surface area contributed by atoms with Crippen molar-refractivity contribution in [3.05, 3.63) is 0 Å². The molecule has 0 aliphatic rings. The summed E-state index contributed by atoms with van der Waals surface area (Å²) in [5, 5.41) is 5.05. The first-order valence-electron chi connectivity index (χ1n) is 5.04. The van der Waals surface area contributed by atoms with Gasteiger partial charge < -0.3 is 10.6 Å². The smallest absolute Gasteiger partial charge is 0.239 e. The zero-order valence-corrected chi connectivity index (χ0v) is 10.1. The molecule has 1 atom stereocenters. The van der Waals surface area contributed by atoms with Crippen molar-refractivity contribution in [3.8, 4) is 0 Å². The summed E-state index contributed by atoms with van der Waals surface area (Å²) in [4.78, 5) is 24.5. The molecular formula is C10H21N3O2. The molecule has 0 rings (SSSR count). The molecule has 5 nitrogen and oxygen atoms in total. The average molecular weight is 215 g/mol. The SMILES string of the molecule is CNC(=O)CNC(=O)[C@H](C(C)C)N(C)C. The maximum absolute atomic E-state index is 11.7. The molecule has 0 aromatic heterocycles. The van der Waals surface area contributed by atoms with Gasteiger partial charge in [0.05, 0.1) is 12.6 Å². The van der Waals surface area contributed by atoms with Gasteiger partial charge >= 0.3 is 0 Å². The monoisotopic (exact) mass is 215 g/mol. The van der Waals surface area contributed by atoms with Crippen LogP contribution in [0.25, 0.3) is 0 Å². The van der Waals surface area contributed by atoms with Gasteiger partial charge in [0.1, 0.15) is 0 Å². The number of hydrogen-bond donors (Lipinski definition) is 2. The number of likely N-dealkylation sites (N-methyl/N-ethyl adjacent to an activating group) is 2. The third-order valence-electron chi connectivity index (χ3n) is 2.16. The van der Waals surface area contributed by atoms with Crippen LogP contribution in [0.1, 0.15) is 13.8 Å². The highest BCUT2D eigenvalue weighted by Gasteiger charge is 2.24. The number of rotatable bonds is 5. The zero-order chi connectivity index (χ0) is 12.0. The van der Waals surface area contributed by atoms with E-state index in [1.807, 2.05) is 32.8 Å². The van der Waals surface area contributed by atoms with Gasteiger partial charge in [0.2, 0.25) is 11.8 Å². The minimum absolute atomic E-state index is 0.0341. The van der Waals surface area contributed by atoms with Gasteiger partial charge in [0, 0.05) is 7.05 Å². The molecule has 0 aromatic carbocycles. The van der Waals surface area contributed by atoms with E-state index in [2.05, 4.69) is 10.6 Å². The molecule has 0 saturated carbocycles. The van der Waals surface area contributed by atoms with E-state index in [4.69, 9.17) is 0 Å². The van der Waals surface area contributed by atoms with E-state index in [-0.39, 0.29) is 30.3 Å². The standard InChI is InChI=1S/C10H21N3O2/c1-7(2)9(13(4)5)10(15)12-6-8(14)11-3/h7,9H,6H2,1-5H3,(H,11,14)(H,12,15)/t9-/m0/s1. The molecule has 0 unspecified atom stereocenters. The van der Waals surface area contributed by atoms with Crippen LogP contribution in [0.4, 0.5) is 0 Å². The van der Waals surface area contributed by atoms with Gasteiger partial charge in [-0.1, -0.05) is 13.8 Å². The number of amides is 2. The Balaban J connectivity index is 4.22. The van der Waals surface area contributed by atoms with Gasteiger partial charge in [0.25, 0.3) is 0 Å². The molecule has 5 heteroatoms. The highest BCUT2D eigenvalue weighted by molar-refractivity contribution is 5.87. The molecule has 0 aliphatic carbocycles. The Kier molecular flexibility index (Phi) is 5.93. The maximum Gasteiger partial charge on any atom is 0.239 e. The molecule has 0 bridgehead atoms. The summed E-state index contributed by atoms with van der Waals surface area (Å²) in [6, 6.07) is -0.199. The molecule has 0 fully saturated rings. The predicted molar refractivity (Wildman–Crippen MR) is 59.4 cm³/mol. The summed E-state index contributed by atoms with van der Waals surface area (Å²) in [6.07, 6.45) is 0. The quantitative estimate of drug-likeness (QED) is 0.646. The summed E-state index contributed by atoms with van der Waals surface area (Å²) in [7, 11) is 5.24. The fourth-order valence-corrected chi connectivity index (χ4v) is 1.49. The van der Waals surface area contributed by atoms with Gasteiger partial charge in [0.15, 0.2) is 0 Å².